The van der Waals surface area contributed by atoms with Crippen LogP contribution in [0, 0.1) is 0 Å². The molecule has 1 atom stereocenters. The summed E-state index contributed by atoms with van der Waals surface area (Å²) < 4.78 is 0. The third kappa shape index (κ3) is 4.89. The van der Waals surface area contributed by atoms with Gasteiger partial charge >= 0.3 is 0 Å². The monoisotopic (exact) mass is 256 g/mol. The van der Waals surface area contributed by atoms with E-state index in [1.165, 1.54) is 6.08 Å². The third-order valence-electron chi connectivity index (χ3n) is 1.04. The van der Waals surface area contributed by atoms with Gasteiger partial charge in [0, 0.05) is 0 Å². The van der Waals surface area contributed by atoms with Crippen LogP contribution in [0.2, 0.25) is 0 Å². The number of nitrogens with two attached hydrogens (primary N) is 2. The molecule has 0 spiro atoms. The average Bonchev–Trinajstić information content (AvgIpc) is 1.87. The van der Waals surface area contributed by atoms with E-state index in [0.29, 0.717) is 13.0 Å². The lowest BCUT2D eigenvalue weighted by Crippen LogP contribution is -2.31. The van der Waals surface area contributed by atoms with Gasteiger partial charge in [-0.25, -0.2) is 0 Å². The first kappa shape index (κ1) is 12.7. The van der Waals surface area contributed by atoms with Gasteiger partial charge in [0.25, 0.3) is 0 Å². The van der Waals surface area contributed by atoms with Gasteiger partial charge in [0.15, 0.2) is 5.78 Å². The maximum Gasteiger partial charge on any atom is 0.171 e. The summed E-state index contributed by atoms with van der Waals surface area (Å²) in [5.41, 5.74) is 10.5. The van der Waals surface area contributed by atoms with Crippen LogP contribution in [-0.4, -0.2) is 18.4 Å². The molecule has 0 aliphatic carbocycles. The van der Waals surface area contributed by atoms with Crippen LogP contribution in [0.15, 0.2) is 12.7 Å². The molecule has 0 fully saturated rings. The van der Waals surface area contributed by atoms with E-state index >= 15 is 0 Å². The Kier molecular flexibility index (Phi) is 9.11. The van der Waals surface area contributed by atoms with Gasteiger partial charge in [-0.3, -0.25) is 4.79 Å². The van der Waals surface area contributed by atoms with Crippen molar-refractivity contribution in [1.82, 2.24) is 0 Å². The average molecular weight is 256 g/mol. The number of carbonyl (C=O) groups is 1. The number of halogens is 1. The molecule has 0 saturated heterocycles. The van der Waals surface area contributed by atoms with Gasteiger partial charge in [-0.2, -0.15) is 0 Å². The smallest absolute Gasteiger partial charge is 0.171 e. The van der Waals surface area contributed by atoms with E-state index in [-0.39, 0.29) is 29.8 Å². The lowest BCUT2D eigenvalue weighted by Gasteiger charge is -2.03. The standard InChI is InChI=1S/C6H12N2O.HI/c1-2-6(9)5(8)3-4-7;/h2,5H,1,3-4,7-8H2;1H. The fourth-order valence-corrected chi connectivity index (χ4v) is 0.473. The molecule has 4 N–H and O–H groups in total. The first-order valence-corrected chi connectivity index (χ1v) is 2.84. The summed E-state index contributed by atoms with van der Waals surface area (Å²) in [4.78, 5) is 10.6. The summed E-state index contributed by atoms with van der Waals surface area (Å²) >= 11 is 0. The molecule has 0 aromatic heterocycles. The van der Waals surface area contributed by atoms with Crippen LogP contribution in [0.5, 0.6) is 0 Å². The first-order chi connectivity index (χ1) is 4.22. The molecule has 0 aliphatic heterocycles. The Balaban J connectivity index is 0. The van der Waals surface area contributed by atoms with Crippen molar-refractivity contribution in [1.29, 1.82) is 0 Å². The van der Waals surface area contributed by atoms with E-state index in [2.05, 4.69) is 6.58 Å². The fourth-order valence-electron chi connectivity index (χ4n) is 0.473. The summed E-state index contributed by atoms with van der Waals surface area (Å²) in [6.45, 7) is 3.74. The van der Waals surface area contributed by atoms with Gasteiger partial charge in [-0.05, 0) is 19.0 Å². The normalized spacial score (nSPS) is 11.4. The van der Waals surface area contributed by atoms with Gasteiger partial charge in [-0.15, -0.1) is 24.0 Å². The van der Waals surface area contributed by atoms with Crippen molar-refractivity contribution >= 4 is 29.8 Å². The molecule has 0 radical (unpaired) electrons. The van der Waals surface area contributed by atoms with Gasteiger partial charge in [-0.1, -0.05) is 6.58 Å². The predicted molar refractivity (Wildman–Crippen MR) is 52.3 cm³/mol. The first-order valence-electron chi connectivity index (χ1n) is 2.84. The number of hydrogen-bond acceptors (Lipinski definition) is 3. The highest BCUT2D eigenvalue weighted by Crippen LogP contribution is 1.87. The van der Waals surface area contributed by atoms with Crippen LogP contribution < -0.4 is 11.5 Å². The van der Waals surface area contributed by atoms with Crippen LogP contribution in [0.25, 0.3) is 0 Å². The molecule has 0 heterocycles. The zero-order chi connectivity index (χ0) is 7.28. The molecule has 0 aliphatic rings. The van der Waals surface area contributed by atoms with E-state index in [0.717, 1.165) is 0 Å². The molecule has 0 bridgehead atoms. The Hall–Kier alpha value is 0.0600. The summed E-state index contributed by atoms with van der Waals surface area (Å²) in [7, 11) is 0. The van der Waals surface area contributed by atoms with Crippen LogP contribution >= 0.6 is 24.0 Å². The molecule has 0 rings (SSSR count). The van der Waals surface area contributed by atoms with E-state index in [4.69, 9.17) is 11.5 Å². The van der Waals surface area contributed by atoms with Crippen molar-refractivity contribution in [2.75, 3.05) is 6.54 Å². The van der Waals surface area contributed by atoms with Crippen molar-refractivity contribution in [3.05, 3.63) is 12.7 Å². The van der Waals surface area contributed by atoms with Crippen LogP contribution in [-0.2, 0) is 4.79 Å². The quantitative estimate of drug-likeness (QED) is 0.551. The number of hydrogen-bond donors (Lipinski definition) is 2. The highest BCUT2D eigenvalue weighted by molar-refractivity contribution is 14.0. The van der Waals surface area contributed by atoms with E-state index in [1.807, 2.05) is 0 Å². The lowest BCUT2D eigenvalue weighted by atomic mass is 10.1. The molecule has 1 unspecified atom stereocenters. The van der Waals surface area contributed by atoms with E-state index in [9.17, 15) is 4.79 Å². The van der Waals surface area contributed by atoms with Gasteiger partial charge in [0.1, 0.15) is 0 Å². The number of carbonyl (C=O) groups excluding carboxylic acids is 1. The van der Waals surface area contributed by atoms with Crippen LogP contribution in [0.3, 0.4) is 0 Å². The Labute approximate surface area is 77.9 Å². The molecule has 10 heavy (non-hydrogen) atoms. The van der Waals surface area contributed by atoms with E-state index < -0.39 is 6.04 Å². The maximum absolute atomic E-state index is 10.6. The fraction of sp³-hybridized carbons (Fsp3) is 0.500. The maximum atomic E-state index is 10.6. The number of rotatable bonds is 4. The van der Waals surface area contributed by atoms with Gasteiger partial charge < -0.3 is 11.5 Å². The summed E-state index contributed by atoms with van der Waals surface area (Å²) in [5, 5.41) is 0. The van der Waals surface area contributed by atoms with Crippen molar-refractivity contribution in [2.45, 2.75) is 12.5 Å². The summed E-state index contributed by atoms with van der Waals surface area (Å²) in [6.07, 6.45) is 1.76. The minimum atomic E-state index is -0.451. The van der Waals surface area contributed by atoms with Gasteiger partial charge in [0.05, 0.1) is 6.04 Å². The van der Waals surface area contributed by atoms with E-state index in [1.54, 1.807) is 0 Å². The SMILES string of the molecule is C=CC(=O)C(N)CCN.I. The zero-order valence-electron chi connectivity index (χ0n) is 5.75. The van der Waals surface area contributed by atoms with Crippen molar-refractivity contribution < 1.29 is 4.79 Å². The van der Waals surface area contributed by atoms with Gasteiger partial charge in [0.2, 0.25) is 0 Å². The van der Waals surface area contributed by atoms with Crippen LogP contribution in [0.1, 0.15) is 6.42 Å². The summed E-state index contributed by atoms with van der Waals surface area (Å²) in [6, 6.07) is -0.451. The minimum Gasteiger partial charge on any atom is -0.330 e. The lowest BCUT2D eigenvalue weighted by molar-refractivity contribution is -0.115. The molecule has 3 nitrogen and oxygen atoms in total. The minimum absolute atomic E-state index is 0. The predicted octanol–water partition coefficient (Wildman–Crippen LogP) is 0.0356. The van der Waals surface area contributed by atoms with Crippen molar-refractivity contribution in [3.8, 4) is 0 Å². The second kappa shape index (κ2) is 7.17. The number of ketones is 1. The second-order valence-corrected chi connectivity index (χ2v) is 1.79. The molecule has 0 aromatic carbocycles. The Morgan fingerprint density at radius 2 is 2.20 bits per heavy atom. The topological polar surface area (TPSA) is 69.1 Å². The highest BCUT2D eigenvalue weighted by Gasteiger charge is 2.06. The molecule has 0 saturated carbocycles. The Morgan fingerprint density at radius 1 is 1.70 bits per heavy atom. The molecular formula is C6H13IN2O. The molecule has 60 valence electrons. The highest BCUT2D eigenvalue weighted by atomic mass is 127. The molecule has 0 aromatic rings. The Bertz CT molecular complexity index is 116. The summed E-state index contributed by atoms with van der Waals surface area (Å²) in [5.74, 6) is -0.138. The largest absolute Gasteiger partial charge is 0.330 e. The second-order valence-electron chi connectivity index (χ2n) is 1.79. The third-order valence-corrected chi connectivity index (χ3v) is 1.04. The molecule has 0 amide bonds. The van der Waals surface area contributed by atoms with Crippen molar-refractivity contribution in [2.24, 2.45) is 11.5 Å². The Morgan fingerprint density at radius 3 is 2.50 bits per heavy atom. The van der Waals surface area contributed by atoms with Crippen molar-refractivity contribution in [3.63, 3.8) is 0 Å². The zero-order valence-corrected chi connectivity index (χ0v) is 8.08. The van der Waals surface area contributed by atoms with Crippen LogP contribution in [0.4, 0.5) is 0 Å². The molecular weight excluding hydrogens is 243 g/mol. The molecule has 4 heteroatoms.